The molecule has 0 aromatic rings. The molecule has 9 heteroatoms. The van der Waals surface area contributed by atoms with Gasteiger partial charge in [0.05, 0.1) is 7.11 Å². The summed E-state index contributed by atoms with van der Waals surface area (Å²) >= 11 is 0. The largest absolute Gasteiger partial charge is 0.467 e. The molecule has 0 radical (unpaired) electrons. The number of carbonyl (C=O) groups excluding carboxylic acids is 4. The van der Waals surface area contributed by atoms with Crippen molar-refractivity contribution >= 4 is 23.9 Å². The predicted octanol–water partition coefficient (Wildman–Crippen LogP) is 1.99. The Kier molecular flexibility index (Phi) is 10.9. The van der Waals surface area contributed by atoms with E-state index in [2.05, 4.69) is 16.0 Å². The summed E-state index contributed by atoms with van der Waals surface area (Å²) in [6, 6.07) is -2.62. The fraction of sp³-hybridized carbons (Fsp3) is 0.810. The van der Waals surface area contributed by atoms with Gasteiger partial charge < -0.3 is 25.4 Å². The van der Waals surface area contributed by atoms with Crippen LogP contribution >= 0.6 is 0 Å². The molecule has 3 N–H and O–H groups in total. The number of methoxy groups -OCH3 is 1. The summed E-state index contributed by atoms with van der Waals surface area (Å²) < 4.78 is 9.97. The van der Waals surface area contributed by atoms with Crippen molar-refractivity contribution < 1.29 is 28.7 Å². The zero-order chi connectivity index (χ0) is 23.8. The lowest BCUT2D eigenvalue weighted by atomic mass is 9.98. The van der Waals surface area contributed by atoms with Gasteiger partial charge in [0.2, 0.25) is 11.8 Å². The van der Waals surface area contributed by atoms with Gasteiger partial charge in [0.1, 0.15) is 23.7 Å². The monoisotopic (exact) mass is 429 g/mol. The third kappa shape index (κ3) is 9.45. The van der Waals surface area contributed by atoms with E-state index in [-0.39, 0.29) is 17.8 Å². The van der Waals surface area contributed by atoms with E-state index in [1.165, 1.54) is 7.11 Å². The van der Waals surface area contributed by atoms with Crippen LogP contribution in [0.15, 0.2) is 0 Å². The van der Waals surface area contributed by atoms with Crippen LogP contribution in [0.1, 0.15) is 62.3 Å². The quantitative estimate of drug-likeness (QED) is 0.482. The number of carbonyl (C=O) groups is 4. The molecule has 0 spiro atoms. The molecule has 0 unspecified atom stereocenters. The summed E-state index contributed by atoms with van der Waals surface area (Å²) in [6.07, 6.45) is -0.715. The van der Waals surface area contributed by atoms with Crippen molar-refractivity contribution in [2.75, 3.05) is 7.11 Å². The molecule has 0 aliphatic rings. The van der Waals surface area contributed by atoms with Crippen molar-refractivity contribution in [3.8, 4) is 0 Å². The van der Waals surface area contributed by atoms with E-state index < -0.39 is 47.6 Å². The van der Waals surface area contributed by atoms with Gasteiger partial charge in [-0.3, -0.25) is 9.59 Å². The fourth-order valence-electron chi connectivity index (χ4n) is 2.62. The summed E-state index contributed by atoms with van der Waals surface area (Å²) in [7, 11) is 1.25. The van der Waals surface area contributed by atoms with E-state index in [1.54, 1.807) is 62.3 Å². The molecule has 9 nitrogen and oxygen atoms in total. The normalized spacial score (nSPS) is 14.7. The van der Waals surface area contributed by atoms with Crippen LogP contribution in [0, 0.1) is 17.8 Å². The van der Waals surface area contributed by atoms with Crippen molar-refractivity contribution in [3.05, 3.63) is 0 Å². The molecule has 0 bridgehead atoms. The topological polar surface area (TPSA) is 123 Å². The molecule has 0 fully saturated rings. The van der Waals surface area contributed by atoms with Crippen LogP contribution in [-0.4, -0.2) is 54.7 Å². The third-order valence-electron chi connectivity index (χ3n) is 4.29. The smallest absolute Gasteiger partial charge is 0.408 e. The number of amides is 3. The Morgan fingerprint density at radius 2 is 1.03 bits per heavy atom. The van der Waals surface area contributed by atoms with Gasteiger partial charge in [-0.15, -0.1) is 0 Å². The van der Waals surface area contributed by atoms with Gasteiger partial charge in [0.15, 0.2) is 0 Å². The van der Waals surface area contributed by atoms with Gasteiger partial charge in [0, 0.05) is 0 Å². The molecule has 0 aromatic carbocycles. The highest BCUT2D eigenvalue weighted by atomic mass is 16.6. The lowest BCUT2D eigenvalue weighted by molar-refractivity contribution is -0.146. The maximum atomic E-state index is 12.9. The third-order valence-corrected chi connectivity index (χ3v) is 4.29. The molecule has 0 rings (SSSR count). The second kappa shape index (κ2) is 11.8. The summed E-state index contributed by atoms with van der Waals surface area (Å²) in [5, 5.41) is 7.91. The van der Waals surface area contributed by atoms with Crippen LogP contribution in [0.5, 0.6) is 0 Å². The van der Waals surface area contributed by atoms with Gasteiger partial charge in [-0.25, -0.2) is 9.59 Å². The van der Waals surface area contributed by atoms with E-state index >= 15 is 0 Å². The van der Waals surface area contributed by atoms with Crippen molar-refractivity contribution in [1.82, 2.24) is 16.0 Å². The first-order valence-electron chi connectivity index (χ1n) is 10.3. The summed E-state index contributed by atoms with van der Waals surface area (Å²) in [6.45, 7) is 15.8. The first-order chi connectivity index (χ1) is 13.6. The van der Waals surface area contributed by atoms with Gasteiger partial charge in [0.25, 0.3) is 0 Å². The zero-order valence-corrected chi connectivity index (χ0v) is 19.9. The Morgan fingerprint density at radius 1 is 0.667 bits per heavy atom. The molecule has 3 amide bonds. The summed E-state index contributed by atoms with van der Waals surface area (Å²) in [5.41, 5.74) is -0.706. The average molecular weight is 430 g/mol. The highest BCUT2D eigenvalue weighted by Gasteiger charge is 2.34. The highest BCUT2D eigenvalue weighted by Crippen LogP contribution is 2.11. The van der Waals surface area contributed by atoms with Gasteiger partial charge in [-0.2, -0.15) is 0 Å². The fourth-order valence-corrected chi connectivity index (χ4v) is 2.62. The number of rotatable bonds is 9. The summed E-state index contributed by atoms with van der Waals surface area (Å²) in [4.78, 5) is 49.7. The predicted molar refractivity (Wildman–Crippen MR) is 114 cm³/mol. The number of ether oxygens (including phenoxy) is 2. The maximum absolute atomic E-state index is 12.9. The second-order valence-electron chi connectivity index (χ2n) is 9.35. The number of hydrogen-bond acceptors (Lipinski definition) is 6. The van der Waals surface area contributed by atoms with Gasteiger partial charge in [-0.05, 0) is 38.5 Å². The Hall–Kier alpha value is -2.32. The Morgan fingerprint density at radius 3 is 1.37 bits per heavy atom. The molecule has 0 heterocycles. The number of alkyl carbamates (subject to hydrolysis) is 1. The highest BCUT2D eigenvalue weighted by molar-refractivity contribution is 5.93. The number of nitrogens with one attached hydrogen (secondary N) is 3. The SMILES string of the molecule is COC(=O)[C@@H](NC(=O)[C@@H](NC(=O)[C@@H](NC(=O)OC(C)(C)C)C(C)C)C(C)C)C(C)C. The van der Waals surface area contributed by atoms with Crippen LogP contribution in [0.4, 0.5) is 4.79 Å². The first-order valence-corrected chi connectivity index (χ1v) is 10.3. The molecule has 174 valence electrons. The molecule has 3 atom stereocenters. The maximum Gasteiger partial charge on any atom is 0.408 e. The second-order valence-corrected chi connectivity index (χ2v) is 9.35. The van der Waals surface area contributed by atoms with Crippen molar-refractivity contribution in [1.29, 1.82) is 0 Å². The van der Waals surface area contributed by atoms with Crippen LogP contribution in [0.2, 0.25) is 0 Å². The van der Waals surface area contributed by atoms with Crippen LogP contribution in [0.3, 0.4) is 0 Å². The van der Waals surface area contributed by atoms with Crippen LogP contribution in [0.25, 0.3) is 0 Å². The lowest BCUT2D eigenvalue weighted by Crippen LogP contribution is -2.59. The van der Waals surface area contributed by atoms with E-state index in [0.29, 0.717) is 0 Å². The molecule has 0 saturated heterocycles. The summed E-state index contributed by atoms with van der Waals surface area (Å²) in [5.74, 6) is -2.26. The lowest BCUT2D eigenvalue weighted by Gasteiger charge is -2.29. The Bertz CT molecular complexity index is 610. The number of hydrogen-bond donors (Lipinski definition) is 3. The first kappa shape index (κ1) is 27.7. The minimum absolute atomic E-state index is 0.192. The van der Waals surface area contributed by atoms with Gasteiger partial charge >= 0.3 is 12.1 Å². The number of esters is 1. The minimum Gasteiger partial charge on any atom is -0.467 e. The minimum atomic E-state index is -0.898. The Labute approximate surface area is 180 Å². The molecule has 0 aromatic heterocycles. The molecule has 30 heavy (non-hydrogen) atoms. The molecular weight excluding hydrogens is 390 g/mol. The molecule has 0 aliphatic carbocycles. The molecule has 0 saturated carbocycles. The van der Waals surface area contributed by atoms with Crippen LogP contribution < -0.4 is 16.0 Å². The van der Waals surface area contributed by atoms with Crippen LogP contribution in [-0.2, 0) is 23.9 Å². The van der Waals surface area contributed by atoms with Crippen molar-refractivity contribution in [2.45, 2.75) is 86.0 Å². The van der Waals surface area contributed by atoms with Crippen molar-refractivity contribution in [2.24, 2.45) is 17.8 Å². The van der Waals surface area contributed by atoms with E-state index in [0.717, 1.165) is 0 Å². The molecule has 0 aliphatic heterocycles. The molecular formula is C21H39N3O6. The standard InChI is InChI=1S/C21H39N3O6/c1-11(2)14(17(25)23-16(13(5)6)19(27)29-10)22-18(26)15(12(3)4)24-20(28)30-21(7,8)9/h11-16H,1-10H3,(H,22,26)(H,23,25)(H,24,28)/t14-,15-,16-/m0/s1. The van der Waals surface area contributed by atoms with Gasteiger partial charge in [-0.1, -0.05) is 41.5 Å². The van der Waals surface area contributed by atoms with E-state index in [1.807, 2.05) is 0 Å². The zero-order valence-electron chi connectivity index (χ0n) is 19.9. The average Bonchev–Trinajstić information content (AvgIpc) is 2.58. The Balaban J connectivity index is 5.37. The van der Waals surface area contributed by atoms with Crippen molar-refractivity contribution in [3.63, 3.8) is 0 Å². The van der Waals surface area contributed by atoms with E-state index in [9.17, 15) is 19.2 Å². The van der Waals surface area contributed by atoms with E-state index in [4.69, 9.17) is 9.47 Å².